The van der Waals surface area contributed by atoms with E-state index in [1.54, 1.807) is 0 Å². The molecule has 1 N–H and O–H groups in total. The smallest absolute Gasteiger partial charge is 0.280 e. The Morgan fingerprint density at radius 3 is 2.46 bits per heavy atom. The predicted octanol–water partition coefficient (Wildman–Crippen LogP) is 2.60. The molecule has 2 fully saturated rings. The Morgan fingerprint density at radius 2 is 1.75 bits per heavy atom. The fourth-order valence-corrected chi connectivity index (χ4v) is 5.07. The molecule has 24 heavy (non-hydrogen) atoms. The van der Waals surface area contributed by atoms with Gasteiger partial charge in [0.25, 0.3) is 10.2 Å². The highest BCUT2D eigenvalue weighted by molar-refractivity contribution is 7.87. The van der Waals surface area contributed by atoms with E-state index in [-0.39, 0.29) is 18.2 Å². The summed E-state index contributed by atoms with van der Waals surface area (Å²) in [5.74, 6) is 0. The zero-order valence-corrected chi connectivity index (χ0v) is 14.5. The van der Waals surface area contributed by atoms with Crippen molar-refractivity contribution in [1.82, 2.24) is 9.03 Å². The summed E-state index contributed by atoms with van der Waals surface area (Å²) < 4.78 is 35.5. The summed E-state index contributed by atoms with van der Waals surface area (Å²) >= 11 is 0. The van der Waals surface area contributed by atoms with Gasteiger partial charge in [0.05, 0.1) is 12.2 Å². The highest BCUT2D eigenvalue weighted by Crippen LogP contribution is 2.28. The van der Waals surface area contributed by atoms with Crippen LogP contribution in [-0.4, -0.2) is 38.0 Å². The molecule has 0 aliphatic carbocycles. The molecule has 0 amide bonds. The first-order valence-corrected chi connectivity index (χ1v) is 9.87. The molecule has 0 radical (unpaired) electrons. The maximum absolute atomic E-state index is 12.7. The van der Waals surface area contributed by atoms with Gasteiger partial charge in [-0.1, -0.05) is 36.4 Å². The Hall–Kier alpha value is -1.47. The van der Waals surface area contributed by atoms with Crippen molar-refractivity contribution in [1.29, 1.82) is 0 Å². The molecule has 0 aromatic heterocycles. The van der Waals surface area contributed by atoms with E-state index in [1.165, 1.54) is 4.31 Å². The molecule has 0 spiro atoms. The minimum Gasteiger partial charge on any atom is -0.372 e. The second kappa shape index (κ2) is 6.11. The van der Waals surface area contributed by atoms with Crippen LogP contribution in [0.1, 0.15) is 31.4 Å². The van der Waals surface area contributed by atoms with Crippen LogP contribution in [0.3, 0.4) is 0 Å². The van der Waals surface area contributed by atoms with E-state index in [2.05, 4.69) is 10.8 Å². The third-order valence-electron chi connectivity index (χ3n) is 4.95. The Kier molecular flexibility index (Phi) is 4.08. The van der Waals surface area contributed by atoms with Gasteiger partial charge in [0.15, 0.2) is 0 Å². The Labute approximate surface area is 142 Å². The van der Waals surface area contributed by atoms with Crippen molar-refractivity contribution in [3.63, 3.8) is 0 Å². The van der Waals surface area contributed by atoms with E-state index in [0.29, 0.717) is 13.1 Å². The van der Waals surface area contributed by atoms with E-state index in [0.717, 1.165) is 29.2 Å². The second-order valence-corrected chi connectivity index (χ2v) is 8.43. The molecule has 128 valence electrons. The van der Waals surface area contributed by atoms with Crippen molar-refractivity contribution >= 4 is 21.0 Å². The Morgan fingerprint density at radius 1 is 1.08 bits per heavy atom. The van der Waals surface area contributed by atoms with Gasteiger partial charge < -0.3 is 4.74 Å². The molecule has 3 unspecified atom stereocenters. The first-order valence-electron chi connectivity index (χ1n) is 8.43. The van der Waals surface area contributed by atoms with Crippen LogP contribution in [0.15, 0.2) is 42.5 Å². The lowest BCUT2D eigenvalue weighted by molar-refractivity contribution is -0.0119. The lowest BCUT2D eigenvalue weighted by atomic mass is 10.0. The maximum Gasteiger partial charge on any atom is 0.280 e. The fraction of sp³-hybridized carbons (Fsp3) is 0.444. The van der Waals surface area contributed by atoms with Crippen molar-refractivity contribution in [2.75, 3.05) is 13.1 Å². The number of hydrogen-bond acceptors (Lipinski definition) is 3. The highest BCUT2D eigenvalue weighted by Gasteiger charge is 2.39. The third kappa shape index (κ3) is 3.07. The summed E-state index contributed by atoms with van der Waals surface area (Å²) in [4.78, 5) is 0. The largest absolute Gasteiger partial charge is 0.372 e. The SMILES string of the molecule is CC(NS(=O)(=O)N1CC2CCC(C1)O2)c1ccc2ccccc2c1. The Bertz CT molecular complexity index is 840. The van der Waals surface area contributed by atoms with Gasteiger partial charge in [-0.25, -0.2) is 0 Å². The summed E-state index contributed by atoms with van der Waals surface area (Å²) in [6, 6.07) is 13.9. The molecule has 5 nitrogen and oxygen atoms in total. The molecule has 2 aliphatic rings. The van der Waals surface area contributed by atoms with Crippen LogP contribution >= 0.6 is 0 Å². The molecule has 2 aromatic rings. The normalized spacial score (nSPS) is 25.9. The van der Waals surface area contributed by atoms with Gasteiger partial charge in [-0.3, -0.25) is 0 Å². The summed E-state index contributed by atoms with van der Waals surface area (Å²) in [5, 5.41) is 2.27. The summed E-state index contributed by atoms with van der Waals surface area (Å²) in [6.45, 7) is 2.79. The molecular formula is C18H22N2O3S. The number of benzene rings is 2. The second-order valence-electron chi connectivity index (χ2n) is 6.73. The van der Waals surface area contributed by atoms with Gasteiger partial charge >= 0.3 is 0 Å². The zero-order chi connectivity index (χ0) is 16.7. The van der Waals surface area contributed by atoms with Crippen LogP contribution in [0.2, 0.25) is 0 Å². The quantitative estimate of drug-likeness (QED) is 0.926. The van der Waals surface area contributed by atoms with Crippen molar-refractivity contribution in [2.45, 2.75) is 38.0 Å². The van der Waals surface area contributed by atoms with Crippen LogP contribution in [-0.2, 0) is 14.9 Å². The molecule has 2 heterocycles. The maximum atomic E-state index is 12.7. The van der Waals surface area contributed by atoms with E-state index in [4.69, 9.17) is 4.74 Å². The highest BCUT2D eigenvalue weighted by atomic mass is 32.2. The number of morpholine rings is 1. The summed E-state index contributed by atoms with van der Waals surface area (Å²) in [7, 11) is -3.51. The van der Waals surface area contributed by atoms with Crippen molar-refractivity contribution in [3.8, 4) is 0 Å². The van der Waals surface area contributed by atoms with Gasteiger partial charge in [0.1, 0.15) is 0 Å². The molecule has 2 bridgehead atoms. The predicted molar refractivity (Wildman–Crippen MR) is 93.9 cm³/mol. The zero-order valence-electron chi connectivity index (χ0n) is 13.7. The van der Waals surface area contributed by atoms with Gasteiger partial charge in [0, 0.05) is 19.1 Å². The lowest BCUT2D eigenvalue weighted by Crippen LogP contribution is -2.50. The standard InChI is InChI=1S/C18H22N2O3S/c1-13(15-7-6-14-4-2-3-5-16(14)10-15)19-24(21,22)20-11-17-8-9-18(12-20)23-17/h2-7,10,13,17-19H,8-9,11-12H2,1H3. The van der Waals surface area contributed by atoms with Crippen LogP contribution in [0.25, 0.3) is 10.8 Å². The average molecular weight is 346 g/mol. The number of nitrogens with one attached hydrogen (secondary N) is 1. The first-order chi connectivity index (χ1) is 11.5. The van der Waals surface area contributed by atoms with Crippen molar-refractivity contribution < 1.29 is 13.2 Å². The van der Waals surface area contributed by atoms with E-state index in [1.807, 2.05) is 43.3 Å². The van der Waals surface area contributed by atoms with Gasteiger partial charge in [-0.05, 0) is 42.2 Å². The molecule has 2 aliphatic heterocycles. The molecule has 2 aromatic carbocycles. The lowest BCUT2D eigenvalue weighted by Gasteiger charge is -2.32. The minimum atomic E-state index is -3.51. The topological polar surface area (TPSA) is 58.6 Å². The van der Waals surface area contributed by atoms with Crippen molar-refractivity contribution in [3.05, 3.63) is 48.0 Å². The van der Waals surface area contributed by atoms with Crippen molar-refractivity contribution in [2.24, 2.45) is 0 Å². The van der Waals surface area contributed by atoms with E-state index < -0.39 is 10.2 Å². The van der Waals surface area contributed by atoms with Crippen LogP contribution in [0, 0.1) is 0 Å². The molecule has 6 heteroatoms. The summed E-state index contributed by atoms with van der Waals surface area (Å²) in [6.07, 6.45) is 2.01. The molecule has 3 atom stereocenters. The van der Waals surface area contributed by atoms with Gasteiger partial charge in [0.2, 0.25) is 0 Å². The molecule has 0 saturated carbocycles. The Balaban J connectivity index is 1.52. The van der Waals surface area contributed by atoms with E-state index >= 15 is 0 Å². The van der Waals surface area contributed by atoms with E-state index in [9.17, 15) is 8.42 Å². The summed E-state index contributed by atoms with van der Waals surface area (Å²) in [5.41, 5.74) is 0.966. The van der Waals surface area contributed by atoms with Gasteiger partial charge in [-0.15, -0.1) is 0 Å². The first kappa shape index (κ1) is 16.0. The molecule has 4 rings (SSSR count). The average Bonchev–Trinajstić information content (AvgIpc) is 2.91. The molecular weight excluding hydrogens is 324 g/mol. The number of ether oxygens (including phenoxy) is 1. The van der Waals surface area contributed by atoms with Crippen LogP contribution < -0.4 is 4.72 Å². The third-order valence-corrected chi connectivity index (χ3v) is 6.58. The van der Waals surface area contributed by atoms with Gasteiger partial charge in [-0.2, -0.15) is 17.4 Å². The van der Waals surface area contributed by atoms with Crippen LogP contribution in [0.4, 0.5) is 0 Å². The number of rotatable bonds is 4. The number of fused-ring (bicyclic) bond motifs is 3. The minimum absolute atomic E-state index is 0.0521. The number of nitrogens with zero attached hydrogens (tertiary/aromatic N) is 1. The van der Waals surface area contributed by atoms with Crippen LogP contribution in [0.5, 0.6) is 0 Å². The molecule has 2 saturated heterocycles. The fourth-order valence-electron chi connectivity index (χ4n) is 3.62. The monoisotopic (exact) mass is 346 g/mol. The number of hydrogen-bond donors (Lipinski definition) is 1.